The molecule has 0 saturated heterocycles. The van der Waals surface area contributed by atoms with Crippen molar-refractivity contribution >= 4 is 29.7 Å². The largest absolute Gasteiger partial charge is 0.478 e. The minimum absolute atomic E-state index is 0.185. The summed E-state index contributed by atoms with van der Waals surface area (Å²) in [7, 11) is 0. The summed E-state index contributed by atoms with van der Waals surface area (Å²) in [6, 6.07) is 14.3. The van der Waals surface area contributed by atoms with Crippen LogP contribution >= 0.6 is 23.7 Å². The molecule has 0 fully saturated rings. The molecule has 134 valence electrons. The molecule has 0 aliphatic heterocycles. The molecular weight excluding hydrogens is 350 g/mol. The molecule has 3 nitrogen and oxygen atoms in total. The Morgan fingerprint density at radius 2 is 1.72 bits per heavy atom. The minimum atomic E-state index is -0.880. The van der Waals surface area contributed by atoms with Gasteiger partial charge >= 0.3 is 5.97 Å². The predicted octanol–water partition coefficient (Wildman–Crippen LogP) is 5.38. The van der Waals surface area contributed by atoms with Crippen LogP contribution in [0.3, 0.4) is 0 Å². The maximum absolute atomic E-state index is 11.2. The first-order chi connectivity index (χ1) is 11.8. The fraction of sp³-hybridized carbons (Fsp3) is 0.350. The average molecular weight is 376 g/mol. The van der Waals surface area contributed by atoms with Crippen molar-refractivity contribution in [3.63, 3.8) is 0 Å². The Balaban J connectivity index is 1.77. The molecular formula is C20H25NO2S2. The minimum Gasteiger partial charge on any atom is -0.478 e. The molecule has 5 heteroatoms. The van der Waals surface area contributed by atoms with Gasteiger partial charge in [-0.25, -0.2) is 4.79 Å². The van der Waals surface area contributed by atoms with Crippen LogP contribution in [0, 0.1) is 6.92 Å². The van der Waals surface area contributed by atoms with Gasteiger partial charge in [0.25, 0.3) is 0 Å². The van der Waals surface area contributed by atoms with Gasteiger partial charge in [-0.2, -0.15) is 0 Å². The van der Waals surface area contributed by atoms with Crippen molar-refractivity contribution < 1.29 is 9.90 Å². The third-order valence-corrected chi connectivity index (χ3v) is 5.67. The highest BCUT2D eigenvalue weighted by Crippen LogP contribution is 2.25. The molecule has 0 heterocycles. The number of thioether (sulfide) groups is 1. The highest BCUT2D eigenvalue weighted by atomic mass is 32.2. The van der Waals surface area contributed by atoms with Gasteiger partial charge in [-0.1, -0.05) is 39.0 Å². The third kappa shape index (κ3) is 6.10. The lowest BCUT2D eigenvalue weighted by molar-refractivity contribution is 0.0696. The third-order valence-electron chi connectivity index (χ3n) is 3.82. The Bertz CT molecular complexity index is 721. The normalized spacial score (nSPS) is 11.5. The highest BCUT2D eigenvalue weighted by Gasteiger charge is 2.12. The van der Waals surface area contributed by atoms with Crippen molar-refractivity contribution in [3.8, 4) is 0 Å². The maximum Gasteiger partial charge on any atom is 0.335 e. The molecule has 0 aliphatic carbocycles. The van der Waals surface area contributed by atoms with Crippen LogP contribution in [0.5, 0.6) is 0 Å². The number of aryl methyl sites for hydroxylation is 1. The summed E-state index contributed by atoms with van der Waals surface area (Å²) in [5.74, 6) is 0.0775. The molecule has 2 aromatic rings. The lowest BCUT2D eigenvalue weighted by atomic mass is 9.87. The molecule has 2 aromatic carbocycles. The number of hydrogen-bond donors (Lipinski definition) is 2. The topological polar surface area (TPSA) is 49.3 Å². The molecule has 0 aliphatic rings. The molecule has 2 rings (SSSR count). The molecule has 2 N–H and O–H groups in total. The zero-order valence-electron chi connectivity index (χ0n) is 15.1. The Kier molecular flexibility index (Phi) is 6.99. The maximum atomic E-state index is 11.2. The number of aromatic carboxylic acids is 1. The van der Waals surface area contributed by atoms with Crippen molar-refractivity contribution in [1.29, 1.82) is 0 Å². The number of carboxylic acid groups (broad SMARTS) is 1. The number of carbonyl (C=O) groups is 1. The van der Waals surface area contributed by atoms with E-state index in [1.54, 1.807) is 6.07 Å². The van der Waals surface area contributed by atoms with Gasteiger partial charge in [0.05, 0.1) is 5.56 Å². The number of nitrogens with one attached hydrogen (secondary N) is 1. The van der Waals surface area contributed by atoms with Gasteiger partial charge in [-0.15, -0.1) is 11.8 Å². The zero-order chi connectivity index (χ0) is 18.4. The van der Waals surface area contributed by atoms with Gasteiger partial charge < -0.3 is 5.11 Å². The molecule has 25 heavy (non-hydrogen) atoms. The van der Waals surface area contributed by atoms with Crippen LogP contribution < -0.4 is 4.72 Å². The molecule has 0 spiro atoms. The Morgan fingerprint density at radius 1 is 1.08 bits per heavy atom. The van der Waals surface area contributed by atoms with Crippen molar-refractivity contribution in [2.24, 2.45) is 0 Å². The Morgan fingerprint density at radius 3 is 2.32 bits per heavy atom. The van der Waals surface area contributed by atoms with E-state index in [2.05, 4.69) is 49.8 Å². The Hall–Kier alpha value is -1.43. The fourth-order valence-corrected chi connectivity index (χ4v) is 3.87. The molecule has 0 radical (unpaired) electrons. The first-order valence-electron chi connectivity index (χ1n) is 8.24. The summed E-state index contributed by atoms with van der Waals surface area (Å²) in [5, 5.41) is 9.16. The second-order valence-electron chi connectivity index (χ2n) is 6.90. The van der Waals surface area contributed by atoms with Gasteiger partial charge in [0, 0.05) is 22.1 Å². The van der Waals surface area contributed by atoms with E-state index >= 15 is 0 Å². The van der Waals surface area contributed by atoms with E-state index in [4.69, 9.17) is 5.11 Å². The van der Waals surface area contributed by atoms with Crippen molar-refractivity contribution in [1.82, 2.24) is 4.72 Å². The van der Waals surface area contributed by atoms with Gasteiger partial charge in [-0.05, 0) is 59.7 Å². The van der Waals surface area contributed by atoms with Crippen molar-refractivity contribution in [2.45, 2.75) is 42.9 Å². The van der Waals surface area contributed by atoms with E-state index in [-0.39, 0.29) is 5.41 Å². The smallest absolute Gasteiger partial charge is 0.335 e. The molecule has 0 unspecified atom stereocenters. The van der Waals surface area contributed by atoms with Crippen LogP contribution in [-0.4, -0.2) is 23.4 Å². The highest BCUT2D eigenvalue weighted by molar-refractivity contribution is 7.99. The molecule has 0 bridgehead atoms. The standard InChI is InChI=1S/C20H25NO2S2/c1-14-5-8-17(13-18(14)19(22)23)25-21-11-12-24-16-9-6-15(7-10-16)20(2,3)4/h5-10,13,21H,11-12H2,1-4H3,(H,22,23). The van der Waals surface area contributed by atoms with E-state index < -0.39 is 5.97 Å². The monoisotopic (exact) mass is 375 g/mol. The number of carboxylic acids is 1. The summed E-state index contributed by atoms with van der Waals surface area (Å²) in [6.45, 7) is 9.31. The predicted molar refractivity (Wildman–Crippen MR) is 108 cm³/mol. The fourth-order valence-electron chi connectivity index (χ4n) is 2.29. The molecule has 0 amide bonds. The van der Waals surface area contributed by atoms with Gasteiger partial charge in [0.2, 0.25) is 0 Å². The summed E-state index contributed by atoms with van der Waals surface area (Å²) >= 11 is 3.29. The SMILES string of the molecule is Cc1ccc(SNCCSc2ccc(C(C)(C)C)cc2)cc1C(=O)O. The van der Waals surface area contributed by atoms with E-state index in [0.29, 0.717) is 5.56 Å². The van der Waals surface area contributed by atoms with Crippen LogP contribution in [0.2, 0.25) is 0 Å². The van der Waals surface area contributed by atoms with Crippen LogP contribution in [0.15, 0.2) is 52.3 Å². The van der Waals surface area contributed by atoms with Crippen molar-refractivity contribution in [3.05, 3.63) is 59.2 Å². The van der Waals surface area contributed by atoms with Gasteiger partial charge in [0.1, 0.15) is 0 Å². The zero-order valence-corrected chi connectivity index (χ0v) is 16.8. The van der Waals surface area contributed by atoms with E-state index in [9.17, 15) is 4.79 Å². The number of rotatable bonds is 7. The number of hydrogen-bond acceptors (Lipinski definition) is 4. The first-order valence-corrected chi connectivity index (χ1v) is 10.0. The van der Waals surface area contributed by atoms with E-state index in [0.717, 1.165) is 22.8 Å². The molecule has 0 aromatic heterocycles. The molecule has 0 saturated carbocycles. The van der Waals surface area contributed by atoms with E-state index in [1.807, 2.05) is 30.8 Å². The van der Waals surface area contributed by atoms with Crippen molar-refractivity contribution in [2.75, 3.05) is 12.3 Å². The lowest BCUT2D eigenvalue weighted by Gasteiger charge is -2.19. The lowest BCUT2D eigenvalue weighted by Crippen LogP contribution is -2.10. The van der Waals surface area contributed by atoms with Crippen LogP contribution in [0.25, 0.3) is 0 Å². The summed E-state index contributed by atoms with van der Waals surface area (Å²) in [4.78, 5) is 13.3. The molecule has 0 atom stereocenters. The van der Waals surface area contributed by atoms with Crippen LogP contribution in [-0.2, 0) is 5.41 Å². The second kappa shape index (κ2) is 8.79. The number of benzene rings is 2. The second-order valence-corrected chi connectivity index (χ2v) is 9.03. The summed E-state index contributed by atoms with van der Waals surface area (Å²) in [5.41, 5.74) is 2.68. The van der Waals surface area contributed by atoms with Crippen LogP contribution in [0.4, 0.5) is 0 Å². The first kappa shape index (κ1) is 19.9. The van der Waals surface area contributed by atoms with Gasteiger partial charge in [0.15, 0.2) is 0 Å². The van der Waals surface area contributed by atoms with Gasteiger partial charge in [-0.3, -0.25) is 4.72 Å². The Labute approximate surface area is 158 Å². The average Bonchev–Trinajstić information content (AvgIpc) is 2.55. The summed E-state index contributed by atoms with van der Waals surface area (Å²) in [6.07, 6.45) is 0. The summed E-state index contributed by atoms with van der Waals surface area (Å²) < 4.78 is 3.30. The quantitative estimate of drug-likeness (QED) is 0.386. The van der Waals surface area contributed by atoms with E-state index in [1.165, 1.54) is 22.4 Å². The van der Waals surface area contributed by atoms with Crippen LogP contribution in [0.1, 0.15) is 42.3 Å².